The highest BCUT2D eigenvalue weighted by molar-refractivity contribution is 7.89. The summed E-state index contributed by atoms with van der Waals surface area (Å²) in [6.45, 7) is 0.771. The molecule has 0 heterocycles. The second-order valence-corrected chi connectivity index (χ2v) is 8.36. The topological polar surface area (TPSA) is 117 Å². The molecule has 0 radical (unpaired) electrons. The molecule has 8 nitrogen and oxygen atoms in total. The number of carbonyl (C=O) groups is 2. The SMILES string of the molecule is Cc1ccc(S(=O)(=O)N(C)CC(=O)OCC(=O)Nc2ccc(CC#N)cc2)cc1. The van der Waals surface area contributed by atoms with Gasteiger partial charge in [-0.2, -0.15) is 9.57 Å². The summed E-state index contributed by atoms with van der Waals surface area (Å²) in [7, 11) is -2.57. The molecule has 0 spiro atoms. The Morgan fingerprint density at radius 2 is 1.72 bits per heavy atom. The Bertz CT molecular complexity index is 1010. The van der Waals surface area contributed by atoms with Crippen LogP contribution in [0, 0.1) is 18.3 Å². The van der Waals surface area contributed by atoms with Crippen LogP contribution in [0.15, 0.2) is 53.4 Å². The molecule has 1 amide bonds. The van der Waals surface area contributed by atoms with E-state index in [2.05, 4.69) is 5.32 Å². The summed E-state index contributed by atoms with van der Waals surface area (Å²) in [5, 5.41) is 11.2. The Hall–Kier alpha value is -3.22. The molecule has 0 aromatic heterocycles. The summed E-state index contributed by atoms with van der Waals surface area (Å²) in [4.78, 5) is 23.9. The third kappa shape index (κ3) is 6.41. The zero-order valence-corrected chi connectivity index (χ0v) is 16.9. The zero-order valence-electron chi connectivity index (χ0n) is 16.1. The van der Waals surface area contributed by atoms with Crippen LogP contribution in [-0.2, 0) is 30.8 Å². The van der Waals surface area contributed by atoms with Crippen LogP contribution in [0.3, 0.4) is 0 Å². The van der Waals surface area contributed by atoms with Crippen molar-refractivity contribution in [3.63, 3.8) is 0 Å². The molecule has 0 saturated carbocycles. The number of anilines is 1. The lowest BCUT2D eigenvalue weighted by atomic mass is 10.1. The van der Waals surface area contributed by atoms with E-state index in [1.807, 2.05) is 13.0 Å². The lowest BCUT2D eigenvalue weighted by molar-refractivity contribution is -0.147. The molecule has 152 valence electrons. The van der Waals surface area contributed by atoms with Crippen molar-refractivity contribution in [2.24, 2.45) is 0 Å². The molecule has 2 rings (SSSR count). The number of carbonyl (C=O) groups excluding carboxylic acids is 2. The molecule has 0 unspecified atom stereocenters. The van der Waals surface area contributed by atoms with Gasteiger partial charge in [0.05, 0.1) is 17.4 Å². The van der Waals surface area contributed by atoms with Crippen molar-refractivity contribution in [2.75, 3.05) is 25.5 Å². The van der Waals surface area contributed by atoms with Crippen LogP contribution in [0.4, 0.5) is 5.69 Å². The molecule has 2 aromatic carbocycles. The average Bonchev–Trinajstić information content (AvgIpc) is 2.68. The highest BCUT2D eigenvalue weighted by atomic mass is 32.2. The van der Waals surface area contributed by atoms with Gasteiger partial charge in [0.25, 0.3) is 5.91 Å². The fourth-order valence-electron chi connectivity index (χ4n) is 2.34. The highest BCUT2D eigenvalue weighted by Crippen LogP contribution is 2.15. The van der Waals surface area contributed by atoms with Crippen molar-refractivity contribution in [1.82, 2.24) is 4.31 Å². The molecule has 1 N–H and O–H groups in total. The Kier molecular flexibility index (Phi) is 7.47. The molecular formula is C20H21N3O5S. The maximum atomic E-state index is 12.5. The van der Waals surface area contributed by atoms with Gasteiger partial charge in [-0.25, -0.2) is 8.42 Å². The predicted molar refractivity (Wildman–Crippen MR) is 106 cm³/mol. The number of sulfonamides is 1. The molecule has 0 atom stereocenters. The number of esters is 1. The molecule has 2 aromatic rings. The van der Waals surface area contributed by atoms with E-state index >= 15 is 0 Å². The fraction of sp³-hybridized carbons (Fsp3) is 0.250. The number of benzene rings is 2. The average molecular weight is 415 g/mol. The molecule has 9 heteroatoms. The number of nitrogens with one attached hydrogen (secondary N) is 1. The molecule has 0 aliphatic heterocycles. The minimum absolute atomic E-state index is 0.0657. The van der Waals surface area contributed by atoms with E-state index in [0.717, 1.165) is 15.4 Å². The standard InChI is InChI=1S/C20H21N3O5S/c1-15-3-9-18(10-4-15)29(26,27)23(2)13-20(25)28-14-19(24)22-17-7-5-16(6-8-17)11-12-21/h3-10H,11,13-14H2,1-2H3,(H,22,24). The summed E-state index contributed by atoms with van der Waals surface area (Å²) in [6, 6.07) is 14.9. The molecule has 0 saturated heterocycles. The first-order valence-corrected chi connectivity index (χ1v) is 10.1. The number of hydrogen-bond acceptors (Lipinski definition) is 6. The Morgan fingerprint density at radius 3 is 2.31 bits per heavy atom. The molecule has 0 aliphatic carbocycles. The summed E-state index contributed by atoms with van der Waals surface area (Å²) >= 11 is 0. The Morgan fingerprint density at radius 1 is 1.10 bits per heavy atom. The van der Waals surface area contributed by atoms with Crippen molar-refractivity contribution < 1.29 is 22.7 Å². The van der Waals surface area contributed by atoms with Gasteiger partial charge in [-0.15, -0.1) is 0 Å². The van der Waals surface area contributed by atoms with E-state index in [4.69, 9.17) is 10.00 Å². The maximum Gasteiger partial charge on any atom is 0.321 e. The van der Waals surface area contributed by atoms with Gasteiger partial charge >= 0.3 is 5.97 Å². The predicted octanol–water partition coefficient (Wildman–Crippen LogP) is 1.86. The number of nitrogens with zero attached hydrogens (tertiary/aromatic N) is 2. The lowest BCUT2D eigenvalue weighted by Crippen LogP contribution is -2.34. The van der Waals surface area contributed by atoms with Gasteiger partial charge < -0.3 is 10.1 Å². The second kappa shape index (κ2) is 9.82. The van der Waals surface area contributed by atoms with E-state index in [-0.39, 0.29) is 11.3 Å². The van der Waals surface area contributed by atoms with Crippen molar-refractivity contribution >= 4 is 27.6 Å². The summed E-state index contributed by atoms with van der Waals surface area (Å²) < 4.78 is 30.6. The van der Waals surface area contributed by atoms with Gasteiger partial charge in [-0.1, -0.05) is 29.8 Å². The first-order valence-electron chi connectivity index (χ1n) is 8.67. The van der Waals surface area contributed by atoms with E-state index in [1.54, 1.807) is 36.4 Å². The molecule has 0 aliphatic rings. The number of ether oxygens (including phenoxy) is 1. The third-order valence-electron chi connectivity index (χ3n) is 3.97. The first kappa shape index (κ1) is 22.1. The van der Waals surface area contributed by atoms with Gasteiger partial charge in [0, 0.05) is 12.7 Å². The van der Waals surface area contributed by atoms with Crippen LogP contribution in [0.5, 0.6) is 0 Å². The van der Waals surface area contributed by atoms with Crippen molar-refractivity contribution in [3.8, 4) is 6.07 Å². The second-order valence-electron chi connectivity index (χ2n) is 6.31. The van der Waals surface area contributed by atoms with Crippen LogP contribution < -0.4 is 5.32 Å². The zero-order chi connectivity index (χ0) is 21.4. The monoisotopic (exact) mass is 415 g/mol. The highest BCUT2D eigenvalue weighted by Gasteiger charge is 2.23. The minimum atomic E-state index is -3.84. The van der Waals surface area contributed by atoms with E-state index in [0.29, 0.717) is 5.69 Å². The van der Waals surface area contributed by atoms with Gasteiger partial charge in [0.2, 0.25) is 10.0 Å². The van der Waals surface area contributed by atoms with Crippen molar-refractivity contribution in [2.45, 2.75) is 18.2 Å². The quantitative estimate of drug-likeness (QED) is 0.658. The first-order chi connectivity index (χ1) is 13.7. The van der Waals surface area contributed by atoms with Gasteiger partial charge in [0.15, 0.2) is 6.61 Å². The normalized spacial score (nSPS) is 11.0. The van der Waals surface area contributed by atoms with E-state index in [9.17, 15) is 18.0 Å². The summed E-state index contributed by atoms with van der Waals surface area (Å²) in [6.07, 6.45) is 0.269. The number of amides is 1. The molecule has 29 heavy (non-hydrogen) atoms. The molecule has 0 bridgehead atoms. The summed E-state index contributed by atoms with van der Waals surface area (Å²) in [5.74, 6) is -1.40. The van der Waals surface area contributed by atoms with Crippen LogP contribution in [0.25, 0.3) is 0 Å². The van der Waals surface area contributed by atoms with Crippen LogP contribution in [0.2, 0.25) is 0 Å². The van der Waals surface area contributed by atoms with Crippen molar-refractivity contribution in [1.29, 1.82) is 5.26 Å². The van der Waals surface area contributed by atoms with Crippen LogP contribution in [0.1, 0.15) is 11.1 Å². The lowest BCUT2D eigenvalue weighted by Gasteiger charge is -2.16. The van der Waals surface area contributed by atoms with Crippen molar-refractivity contribution in [3.05, 3.63) is 59.7 Å². The molecule has 0 fully saturated rings. The van der Waals surface area contributed by atoms with Crippen LogP contribution >= 0.6 is 0 Å². The molecular weight excluding hydrogens is 394 g/mol. The number of hydrogen-bond donors (Lipinski definition) is 1. The Balaban J connectivity index is 1.84. The van der Waals surface area contributed by atoms with Crippen LogP contribution in [-0.4, -0.2) is 44.8 Å². The van der Waals surface area contributed by atoms with E-state index < -0.39 is 35.1 Å². The van der Waals surface area contributed by atoms with Gasteiger partial charge in [-0.05, 0) is 36.8 Å². The summed E-state index contributed by atoms with van der Waals surface area (Å²) in [5.41, 5.74) is 2.22. The number of nitriles is 1. The minimum Gasteiger partial charge on any atom is -0.455 e. The number of rotatable bonds is 8. The fourth-order valence-corrected chi connectivity index (χ4v) is 3.46. The van der Waals surface area contributed by atoms with E-state index in [1.165, 1.54) is 19.2 Å². The largest absolute Gasteiger partial charge is 0.455 e. The Labute approximate surface area is 169 Å². The smallest absolute Gasteiger partial charge is 0.321 e. The van der Waals surface area contributed by atoms with Gasteiger partial charge in [-0.3, -0.25) is 9.59 Å². The number of aryl methyl sites for hydroxylation is 1. The third-order valence-corrected chi connectivity index (χ3v) is 5.78. The maximum absolute atomic E-state index is 12.5. The number of likely N-dealkylation sites (N-methyl/N-ethyl adjacent to an activating group) is 1. The van der Waals surface area contributed by atoms with Gasteiger partial charge in [0.1, 0.15) is 6.54 Å².